The summed E-state index contributed by atoms with van der Waals surface area (Å²) in [6, 6.07) is 9.11. The van der Waals surface area contributed by atoms with Crippen LogP contribution >= 0.6 is 0 Å². The number of piperidine rings is 1. The molecule has 0 bridgehead atoms. The molecule has 1 aliphatic rings. The smallest absolute Gasteiger partial charge is 0.355 e. The molecule has 0 saturated carbocycles. The first-order chi connectivity index (χ1) is 12.3. The summed E-state index contributed by atoms with van der Waals surface area (Å²) in [4.78, 5) is 37.8. The fourth-order valence-corrected chi connectivity index (χ4v) is 3.21. The van der Waals surface area contributed by atoms with Crippen molar-refractivity contribution in [2.24, 2.45) is 11.8 Å². The van der Waals surface area contributed by atoms with Gasteiger partial charge in [-0.15, -0.1) is 0 Å². The molecule has 1 saturated heterocycles. The molecule has 2 atom stereocenters. The normalized spacial score (nSPS) is 20.4. The van der Waals surface area contributed by atoms with E-state index in [0.29, 0.717) is 24.9 Å². The highest BCUT2D eigenvalue weighted by Crippen LogP contribution is 2.21. The van der Waals surface area contributed by atoms with Crippen LogP contribution in [0.1, 0.15) is 32.8 Å². The maximum atomic E-state index is 12.3. The lowest BCUT2D eigenvalue weighted by atomic mass is 9.92. The fourth-order valence-electron chi connectivity index (χ4n) is 3.21. The summed E-state index contributed by atoms with van der Waals surface area (Å²) in [6.07, 6.45) is 2.62. The monoisotopic (exact) mass is 358 g/mol. The number of hydrogen-bond donors (Lipinski definition) is 1. The van der Waals surface area contributed by atoms with E-state index in [2.05, 4.69) is 19.2 Å². The van der Waals surface area contributed by atoms with Crippen molar-refractivity contribution >= 4 is 23.9 Å². The number of benzene rings is 1. The standard InChI is InChI=1S/C20H26N2O4/c1-14-9-15(2)12-22(11-14)19(24)13-26-20(25)18(21-16(3)23)10-17-7-5-4-6-8-17/h4-8,10,14-15H,9,11-13H2,1-3H3,(H,21,23)/b18-10-/t14-,15+. The largest absolute Gasteiger partial charge is 0.451 e. The minimum absolute atomic E-state index is 0.0110. The molecule has 1 fully saturated rings. The highest BCUT2D eigenvalue weighted by atomic mass is 16.5. The van der Waals surface area contributed by atoms with Crippen LogP contribution in [0.25, 0.3) is 6.08 Å². The maximum absolute atomic E-state index is 12.3. The van der Waals surface area contributed by atoms with Crippen LogP contribution in [0.4, 0.5) is 0 Å². The van der Waals surface area contributed by atoms with Crippen LogP contribution in [-0.2, 0) is 19.1 Å². The first kappa shape index (κ1) is 19.7. The molecular formula is C20H26N2O4. The molecule has 6 nitrogen and oxygen atoms in total. The molecule has 0 radical (unpaired) electrons. The van der Waals surface area contributed by atoms with Crippen LogP contribution in [-0.4, -0.2) is 42.4 Å². The van der Waals surface area contributed by atoms with Crippen LogP contribution in [0, 0.1) is 11.8 Å². The predicted octanol–water partition coefficient (Wildman–Crippen LogP) is 2.21. The van der Waals surface area contributed by atoms with Crippen molar-refractivity contribution in [3.05, 3.63) is 41.6 Å². The SMILES string of the molecule is CC(=O)N/C(=C\c1ccccc1)C(=O)OCC(=O)N1C[C@H](C)C[C@H](C)C1. The predicted molar refractivity (Wildman–Crippen MR) is 98.7 cm³/mol. The Morgan fingerprint density at radius 3 is 2.35 bits per heavy atom. The van der Waals surface area contributed by atoms with Crippen molar-refractivity contribution in [2.45, 2.75) is 27.2 Å². The number of likely N-dealkylation sites (tertiary alicyclic amines) is 1. The number of carbonyl (C=O) groups is 3. The third kappa shape index (κ3) is 6.02. The topological polar surface area (TPSA) is 75.7 Å². The molecule has 0 unspecified atom stereocenters. The minimum Gasteiger partial charge on any atom is -0.451 e. The van der Waals surface area contributed by atoms with Crippen molar-refractivity contribution in [2.75, 3.05) is 19.7 Å². The van der Waals surface area contributed by atoms with E-state index in [0.717, 1.165) is 12.0 Å². The van der Waals surface area contributed by atoms with Gasteiger partial charge in [0.05, 0.1) is 0 Å². The van der Waals surface area contributed by atoms with Crippen molar-refractivity contribution in [1.29, 1.82) is 0 Å². The third-order valence-electron chi connectivity index (χ3n) is 4.19. The Morgan fingerprint density at radius 1 is 1.15 bits per heavy atom. The molecule has 140 valence electrons. The summed E-state index contributed by atoms with van der Waals surface area (Å²) < 4.78 is 5.15. The highest BCUT2D eigenvalue weighted by Gasteiger charge is 2.26. The van der Waals surface area contributed by atoms with Gasteiger partial charge < -0.3 is 15.0 Å². The average Bonchev–Trinajstić information content (AvgIpc) is 2.58. The Morgan fingerprint density at radius 2 is 1.77 bits per heavy atom. The average molecular weight is 358 g/mol. The summed E-state index contributed by atoms with van der Waals surface area (Å²) in [5.74, 6) is -0.444. The van der Waals surface area contributed by atoms with E-state index in [1.165, 1.54) is 13.0 Å². The molecule has 26 heavy (non-hydrogen) atoms. The maximum Gasteiger partial charge on any atom is 0.355 e. The lowest BCUT2D eigenvalue weighted by Crippen LogP contribution is -2.44. The van der Waals surface area contributed by atoms with Gasteiger partial charge in [0, 0.05) is 20.0 Å². The number of ether oxygens (including phenoxy) is 1. The Hall–Kier alpha value is -2.63. The molecule has 1 N–H and O–H groups in total. The van der Waals surface area contributed by atoms with Gasteiger partial charge in [-0.25, -0.2) is 4.79 Å². The van der Waals surface area contributed by atoms with Crippen LogP contribution in [0.2, 0.25) is 0 Å². The van der Waals surface area contributed by atoms with E-state index < -0.39 is 5.97 Å². The van der Waals surface area contributed by atoms with Gasteiger partial charge in [0.1, 0.15) is 5.70 Å². The lowest BCUT2D eigenvalue weighted by molar-refractivity contribution is -0.150. The Balaban J connectivity index is 1.99. The van der Waals surface area contributed by atoms with Gasteiger partial charge in [-0.05, 0) is 29.9 Å². The second kappa shape index (κ2) is 9.17. The summed E-state index contributed by atoms with van der Waals surface area (Å²) in [6.45, 7) is 6.56. The number of amides is 2. The molecule has 1 heterocycles. The van der Waals surface area contributed by atoms with Crippen LogP contribution in [0.15, 0.2) is 36.0 Å². The van der Waals surface area contributed by atoms with Crippen molar-refractivity contribution < 1.29 is 19.1 Å². The van der Waals surface area contributed by atoms with Gasteiger partial charge in [-0.3, -0.25) is 9.59 Å². The van der Waals surface area contributed by atoms with E-state index in [9.17, 15) is 14.4 Å². The van der Waals surface area contributed by atoms with Crippen LogP contribution in [0.5, 0.6) is 0 Å². The molecule has 1 aliphatic heterocycles. The Bertz CT molecular complexity index is 674. The first-order valence-corrected chi connectivity index (χ1v) is 8.84. The van der Waals surface area contributed by atoms with Gasteiger partial charge in [0.25, 0.3) is 5.91 Å². The van der Waals surface area contributed by atoms with Crippen LogP contribution < -0.4 is 5.32 Å². The van der Waals surface area contributed by atoms with Gasteiger partial charge in [0.2, 0.25) is 5.91 Å². The van der Waals surface area contributed by atoms with E-state index in [1.807, 2.05) is 18.2 Å². The zero-order valence-corrected chi connectivity index (χ0v) is 15.5. The second-order valence-corrected chi connectivity index (χ2v) is 6.97. The third-order valence-corrected chi connectivity index (χ3v) is 4.19. The van der Waals surface area contributed by atoms with E-state index in [-0.39, 0.29) is 24.1 Å². The van der Waals surface area contributed by atoms with Crippen molar-refractivity contribution in [3.8, 4) is 0 Å². The number of nitrogens with zero attached hydrogens (tertiary/aromatic N) is 1. The quantitative estimate of drug-likeness (QED) is 0.647. The van der Waals surface area contributed by atoms with E-state index in [1.54, 1.807) is 17.0 Å². The van der Waals surface area contributed by atoms with Crippen molar-refractivity contribution in [3.63, 3.8) is 0 Å². The number of hydrogen-bond acceptors (Lipinski definition) is 4. The summed E-state index contributed by atoms with van der Waals surface area (Å²) in [5.41, 5.74) is 0.759. The van der Waals surface area contributed by atoms with E-state index in [4.69, 9.17) is 4.74 Å². The minimum atomic E-state index is -0.726. The molecule has 6 heteroatoms. The molecule has 2 amide bonds. The van der Waals surface area contributed by atoms with Crippen molar-refractivity contribution in [1.82, 2.24) is 10.2 Å². The van der Waals surface area contributed by atoms with Gasteiger partial charge in [-0.1, -0.05) is 44.2 Å². The molecule has 1 aromatic carbocycles. The summed E-state index contributed by atoms with van der Waals surface area (Å²) in [5, 5.41) is 2.47. The zero-order chi connectivity index (χ0) is 19.1. The molecule has 0 spiro atoms. The Labute approximate surface area is 154 Å². The second-order valence-electron chi connectivity index (χ2n) is 6.97. The number of nitrogens with one attached hydrogen (secondary N) is 1. The highest BCUT2D eigenvalue weighted by molar-refractivity contribution is 5.98. The number of carbonyl (C=O) groups excluding carboxylic acids is 3. The van der Waals surface area contributed by atoms with Crippen LogP contribution in [0.3, 0.4) is 0 Å². The summed E-state index contributed by atoms with van der Waals surface area (Å²) in [7, 11) is 0. The Kier molecular flexibility index (Phi) is 6.95. The molecule has 0 aromatic heterocycles. The molecule has 1 aromatic rings. The van der Waals surface area contributed by atoms with Gasteiger partial charge in [-0.2, -0.15) is 0 Å². The molecular weight excluding hydrogens is 332 g/mol. The van der Waals surface area contributed by atoms with Gasteiger partial charge in [0.15, 0.2) is 6.61 Å². The fraction of sp³-hybridized carbons (Fsp3) is 0.450. The first-order valence-electron chi connectivity index (χ1n) is 8.84. The molecule has 2 rings (SSSR count). The number of esters is 1. The number of rotatable bonds is 5. The van der Waals surface area contributed by atoms with Gasteiger partial charge >= 0.3 is 5.97 Å². The summed E-state index contributed by atoms with van der Waals surface area (Å²) >= 11 is 0. The van der Waals surface area contributed by atoms with E-state index >= 15 is 0 Å². The molecule has 0 aliphatic carbocycles. The zero-order valence-electron chi connectivity index (χ0n) is 15.5. The lowest BCUT2D eigenvalue weighted by Gasteiger charge is -2.34.